The fourth-order valence-corrected chi connectivity index (χ4v) is 9.39. The van der Waals surface area contributed by atoms with E-state index in [0.29, 0.717) is 35.5 Å². The number of Topliss-reactive ketones (excluding diaryl/α,β-unsaturated/α-hetero) is 2. The number of fused-ring (bicyclic) bond motifs is 2. The molecule has 4 aromatic carbocycles. The maximum atomic E-state index is 13.5. The zero-order valence-corrected chi connectivity index (χ0v) is 40.0. The van der Waals surface area contributed by atoms with E-state index < -0.39 is 0 Å². The molecule has 0 amide bonds. The number of nitrogens with one attached hydrogen (secondary N) is 1. The number of ether oxygens (including phenoxy) is 2. The minimum Gasteiger partial charge on any atom is -0.494 e. The topological polar surface area (TPSA) is 93.7 Å². The quantitative estimate of drug-likeness (QED) is 0.130. The Bertz CT molecular complexity index is 2600. The minimum absolute atomic E-state index is 0.0330. The third-order valence-corrected chi connectivity index (χ3v) is 12.9. The van der Waals surface area contributed by atoms with E-state index in [4.69, 9.17) is 9.47 Å². The van der Waals surface area contributed by atoms with Crippen molar-refractivity contribution >= 4 is 33.9 Å². The lowest BCUT2D eigenvalue weighted by molar-refractivity contribution is 0.105. The Hall–Kier alpha value is -6.48. The predicted molar refractivity (Wildman–Crippen MR) is 273 cm³/mol. The van der Waals surface area contributed by atoms with E-state index in [-0.39, 0.29) is 11.6 Å². The zero-order chi connectivity index (χ0) is 47.0. The molecule has 2 aliphatic carbocycles. The van der Waals surface area contributed by atoms with Crippen LogP contribution in [0, 0.1) is 11.8 Å². The number of nitrogens with zero attached hydrogens (tertiary/aromatic N) is 3. The van der Waals surface area contributed by atoms with Crippen molar-refractivity contribution in [3.8, 4) is 11.5 Å². The summed E-state index contributed by atoms with van der Waals surface area (Å²) < 4.78 is 12.2. The van der Waals surface area contributed by atoms with Crippen LogP contribution in [-0.2, 0) is 0 Å². The molecule has 8 heteroatoms. The van der Waals surface area contributed by atoms with E-state index in [9.17, 15) is 9.59 Å². The number of piperidine rings is 2. The zero-order valence-electron chi connectivity index (χ0n) is 40.0. The Morgan fingerprint density at radius 1 is 0.507 bits per heavy atom. The van der Waals surface area contributed by atoms with Gasteiger partial charge in [0.05, 0.1) is 13.2 Å². The van der Waals surface area contributed by atoms with Crippen molar-refractivity contribution in [2.75, 3.05) is 46.4 Å². The second-order valence-corrected chi connectivity index (χ2v) is 17.0. The number of allylic oxidation sites excluding steroid dienone is 2. The molecule has 0 spiro atoms. The fourth-order valence-electron chi connectivity index (χ4n) is 9.39. The standard InChI is InChI=1S/C28H28N2O2.C27H26N2O2.2C2H6/c1-30-15-11-20(12-16-30)13-17-32-23-9-10-24-25(18-23)28(31)27(22-8-5-14-29-19-22)26(24)21-6-3-2-4-7-21;30-27-24-17-22(31-16-12-19-10-14-28-15-11-19)8-9-23(24)25(20-5-2-1-3-6-20)26(27)21-7-4-13-29-18-21;2*1-2/h2-10,14,18-20H,11-13,15-17H2,1H3;1-9,13,17-19,28H,10-12,14-16H2;2*1-2H3. The second kappa shape index (κ2) is 24.3. The molecule has 0 radical (unpaired) electrons. The average molecular weight is 895 g/mol. The van der Waals surface area contributed by atoms with Crippen molar-refractivity contribution < 1.29 is 19.1 Å². The van der Waals surface area contributed by atoms with Crippen LogP contribution in [0.5, 0.6) is 11.5 Å². The highest BCUT2D eigenvalue weighted by Gasteiger charge is 2.33. The summed E-state index contributed by atoms with van der Waals surface area (Å²) in [6.07, 6.45) is 14.0. The Labute approximate surface area is 398 Å². The van der Waals surface area contributed by atoms with Crippen LogP contribution in [0.15, 0.2) is 146 Å². The van der Waals surface area contributed by atoms with Gasteiger partial charge in [0.25, 0.3) is 0 Å². The van der Waals surface area contributed by atoms with Crippen LogP contribution in [0.3, 0.4) is 0 Å². The van der Waals surface area contributed by atoms with Crippen molar-refractivity contribution in [3.05, 3.63) is 191 Å². The van der Waals surface area contributed by atoms with Crippen molar-refractivity contribution in [1.29, 1.82) is 0 Å². The summed E-state index contributed by atoms with van der Waals surface area (Å²) in [6, 6.07) is 39.7. The van der Waals surface area contributed by atoms with Gasteiger partial charge in [-0.15, -0.1) is 0 Å². The number of ketones is 2. The summed E-state index contributed by atoms with van der Waals surface area (Å²) >= 11 is 0. The Morgan fingerprint density at radius 2 is 0.925 bits per heavy atom. The third-order valence-electron chi connectivity index (χ3n) is 12.9. The van der Waals surface area contributed by atoms with Gasteiger partial charge in [-0.3, -0.25) is 19.6 Å². The first-order valence-corrected chi connectivity index (χ1v) is 24.4. The molecule has 2 saturated heterocycles. The molecule has 2 fully saturated rings. The summed E-state index contributed by atoms with van der Waals surface area (Å²) in [7, 11) is 2.19. The number of pyridine rings is 2. The van der Waals surface area contributed by atoms with Crippen molar-refractivity contribution in [2.24, 2.45) is 11.8 Å². The van der Waals surface area contributed by atoms with E-state index in [2.05, 4.69) is 51.5 Å². The minimum atomic E-state index is 0.0330. The average Bonchev–Trinajstić information content (AvgIpc) is 3.86. The van der Waals surface area contributed by atoms with Gasteiger partial charge in [0.2, 0.25) is 0 Å². The van der Waals surface area contributed by atoms with Gasteiger partial charge < -0.3 is 19.7 Å². The first kappa shape index (κ1) is 48.5. The lowest BCUT2D eigenvalue weighted by Gasteiger charge is -2.28. The predicted octanol–water partition coefficient (Wildman–Crippen LogP) is 12.4. The number of hydrogen-bond donors (Lipinski definition) is 1. The number of hydrogen-bond acceptors (Lipinski definition) is 8. The van der Waals surface area contributed by atoms with Gasteiger partial charge >= 0.3 is 0 Å². The normalized spacial score (nSPS) is 15.9. The molecule has 6 aromatic rings. The number of aromatic nitrogens is 2. The van der Waals surface area contributed by atoms with Crippen LogP contribution >= 0.6 is 0 Å². The molecule has 0 unspecified atom stereocenters. The van der Waals surface area contributed by atoms with E-state index >= 15 is 0 Å². The molecule has 0 atom stereocenters. The van der Waals surface area contributed by atoms with Crippen molar-refractivity contribution in [1.82, 2.24) is 20.2 Å². The summed E-state index contributed by atoms with van der Waals surface area (Å²) in [4.78, 5) is 37.9. The number of benzene rings is 4. The third kappa shape index (κ3) is 11.7. The highest BCUT2D eigenvalue weighted by atomic mass is 16.5. The molecule has 10 rings (SSSR count). The SMILES string of the molecule is CC.CC.CN1CCC(CCOc2ccc3c(c2)C(=O)C(c2cccnc2)=C3c2ccccc2)CC1.O=C1C(c2cccnc2)=C(c2ccccc2)c2ccc(OCCC3CCNCC3)cc21. The summed E-state index contributed by atoms with van der Waals surface area (Å²) in [5.41, 5.74) is 10.4. The highest BCUT2D eigenvalue weighted by molar-refractivity contribution is 6.42. The van der Waals surface area contributed by atoms with Crippen LogP contribution < -0.4 is 14.8 Å². The lowest BCUT2D eigenvalue weighted by Crippen LogP contribution is -2.30. The Morgan fingerprint density at radius 3 is 1.34 bits per heavy atom. The number of likely N-dealkylation sites (tertiary alicyclic amines) is 1. The molecule has 67 heavy (non-hydrogen) atoms. The van der Waals surface area contributed by atoms with Gasteiger partial charge in [0.1, 0.15) is 11.5 Å². The van der Waals surface area contributed by atoms with Crippen molar-refractivity contribution in [2.45, 2.75) is 66.2 Å². The maximum Gasteiger partial charge on any atom is 0.195 e. The molecule has 2 aliphatic heterocycles. The fraction of sp³-hybridized carbons (Fsp3) is 0.322. The van der Waals surface area contributed by atoms with Gasteiger partial charge in [-0.25, -0.2) is 0 Å². The smallest absolute Gasteiger partial charge is 0.195 e. The summed E-state index contributed by atoms with van der Waals surface area (Å²) in [5.74, 6) is 3.05. The molecule has 4 heterocycles. The Kier molecular flexibility index (Phi) is 17.6. The molecule has 8 nitrogen and oxygen atoms in total. The molecule has 4 aliphatic rings. The van der Waals surface area contributed by atoms with Crippen molar-refractivity contribution in [3.63, 3.8) is 0 Å². The molecule has 0 saturated carbocycles. The molecular weight excluding hydrogens is 829 g/mol. The van der Waals surface area contributed by atoms with Gasteiger partial charge in [-0.05, 0) is 154 Å². The maximum absolute atomic E-state index is 13.5. The molecule has 1 N–H and O–H groups in total. The van der Waals surface area contributed by atoms with Gasteiger partial charge in [-0.2, -0.15) is 0 Å². The second-order valence-electron chi connectivity index (χ2n) is 17.0. The van der Waals surface area contributed by atoms with Crippen LogP contribution in [0.1, 0.15) is 120 Å². The molecule has 0 bridgehead atoms. The number of carbonyl (C=O) groups is 2. The van der Waals surface area contributed by atoms with Crippen LogP contribution in [0.4, 0.5) is 0 Å². The van der Waals surface area contributed by atoms with E-state index in [1.165, 1.54) is 38.8 Å². The lowest BCUT2D eigenvalue weighted by atomic mass is 9.94. The largest absolute Gasteiger partial charge is 0.494 e. The molecule has 346 valence electrons. The van der Waals surface area contributed by atoms with Gasteiger partial charge in [-0.1, -0.05) is 100 Å². The Balaban J connectivity index is 0.000000185. The molecule has 2 aromatic heterocycles. The number of carbonyl (C=O) groups excluding carboxylic acids is 2. The first-order valence-electron chi connectivity index (χ1n) is 24.4. The molecular formula is C59H66N4O4. The monoisotopic (exact) mass is 895 g/mol. The van der Waals surface area contributed by atoms with E-state index in [1.54, 1.807) is 24.8 Å². The van der Waals surface area contributed by atoms with E-state index in [1.807, 2.05) is 125 Å². The number of rotatable bonds is 12. The van der Waals surface area contributed by atoms with Gasteiger partial charge in [0.15, 0.2) is 11.6 Å². The summed E-state index contributed by atoms with van der Waals surface area (Å²) in [5, 5.41) is 3.40. The first-order chi connectivity index (χ1) is 33.0. The van der Waals surface area contributed by atoms with Crippen LogP contribution in [0.25, 0.3) is 22.3 Å². The van der Waals surface area contributed by atoms with Crippen LogP contribution in [0.2, 0.25) is 0 Å². The van der Waals surface area contributed by atoms with Gasteiger partial charge in [0, 0.05) is 69.3 Å². The van der Waals surface area contributed by atoms with Crippen LogP contribution in [-0.4, -0.2) is 72.9 Å². The summed E-state index contributed by atoms with van der Waals surface area (Å²) in [6.45, 7) is 13.9. The highest BCUT2D eigenvalue weighted by Crippen LogP contribution is 2.44. The van der Waals surface area contributed by atoms with E-state index in [0.717, 1.165) is 93.8 Å².